The minimum absolute atomic E-state index is 0.241. The fourth-order valence-electron chi connectivity index (χ4n) is 0.992. The van der Waals surface area contributed by atoms with E-state index in [2.05, 4.69) is 0 Å². The molecule has 15 heavy (non-hydrogen) atoms. The maximum atomic E-state index is 11.1. The van der Waals surface area contributed by atoms with Crippen LogP contribution in [-0.2, 0) is 14.3 Å². The van der Waals surface area contributed by atoms with Crippen molar-refractivity contribution in [3.05, 3.63) is 0 Å². The fourth-order valence-corrected chi connectivity index (χ4v) is 0.992. The van der Waals surface area contributed by atoms with Crippen LogP contribution in [0.2, 0.25) is 0 Å². The van der Waals surface area contributed by atoms with Crippen LogP contribution < -0.4 is 5.73 Å². The second kappa shape index (κ2) is 8.23. The molecule has 0 saturated heterocycles. The normalized spacial score (nSPS) is 12.1. The maximum Gasteiger partial charge on any atom is 0.320 e. The average Bonchev–Trinajstić information content (AvgIpc) is 2.18. The monoisotopic (exact) mass is 217 g/mol. The van der Waals surface area contributed by atoms with E-state index in [0.29, 0.717) is 19.4 Å². The van der Waals surface area contributed by atoms with Crippen LogP contribution in [0.15, 0.2) is 0 Å². The van der Waals surface area contributed by atoms with Gasteiger partial charge in [-0.15, -0.1) is 0 Å². The second-order valence-electron chi connectivity index (χ2n) is 3.41. The van der Waals surface area contributed by atoms with E-state index in [-0.39, 0.29) is 12.4 Å². The number of ether oxygens (including phenoxy) is 1. The van der Waals surface area contributed by atoms with Crippen molar-refractivity contribution < 1.29 is 19.4 Å². The van der Waals surface area contributed by atoms with Gasteiger partial charge in [0.25, 0.3) is 0 Å². The Morgan fingerprint density at radius 1 is 1.40 bits per heavy atom. The van der Waals surface area contributed by atoms with Crippen LogP contribution in [-0.4, -0.2) is 29.7 Å². The predicted molar refractivity (Wildman–Crippen MR) is 55.3 cm³/mol. The maximum absolute atomic E-state index is 11.1. The standard InChI is InChI=1S/C10H19NO4/c1-2-3-7-15-9(12)6-4-5-8(11)10(13)14/h8H,2-7,11H2,1H3,(H,13,14). The number of hydrogen-bond acceptors (Lipinski definition) is 4. The molecule has 0 heterocycles. The highest BCUT2D eigenvalue weighted by atomic mass is 16.5. The van der Waals surface area contributed by atoms with Crippen molar-refractivity contribution in [2.75, 3.05) is 6.61 Å². The van der Waals surface area contributed by atoms with Crippen LogP contribution in [0.25, 0.3) is 0 Å². The Morgan fingerprint density at radius 3 is 2.60 bits per heavy atom. The van der Waals surface area contributed by atoms with Gasteiger partial charge in [-0.3, -0.25) is 9.59 Å². The van der Waals surface area contributed by atoms with Crippen LogP contribution in [0.3, 0.4) is 0 Å². The molecule has 0 spiro atoms. The molecule has 5 heteroatoms. The summed E-state index contributed by atoms with van der Waals surface area (Å²) in [6.45, 7) is 2.46. The van der Waals surface area contributed by atoms with Gasteiger partial charge in [0.05, 0.1) is 6.61 Å². The first-order valence-electron chi connectivity index (χ1n) is 5.22. The van der Waals surface area contributed by atoms with Crippen molar-refractivity contribution in [3.8, 4) is 0 Å². The summed E-state index contributed by atoms with van der Waals surface area (Å²) >= 11 is 0. The molecule has 0 aliphatic rings. The molecule has 0 saturated carbocycles. The number of hydrogen-bond donors (Lipinski definition) is 2. The zero-order valence-corrected chi connectivity index (χ0v) is 9.07. The summed E-state index contributed by atoms with van der Waals surface area (Å²) in [7, 11) is 0. The summed E-state index contributed by atoms with van der Waals surface area (Å²) in [4.78, 5) is 21.4. The van der Waals surface area contributed by atoms with Crippen molar-refractivity contribution in [1.29, 1.82) is 0 Å². The third-order valence-corrected chi connectivity index (χ3v) is 1.97. The Hall–Kier alpha value is -1.10. The first-order chi connectivity index (χ1) is 7.07. The van der Waals surface area contributed by atoms with Gasteiger partial charge in [0.15, 0.2) is 0 Å². The number of carboxylic acids is 1. The van der Waals surface area contributed by atoms with Gasteiger partial charge in [-0.1, -0.05) is 13.3 Å². The Balaban J connectivity index is 3.42. The molecular weight excluding hydrogens is 198 g/mol. The van der Waals surface area contributed by atoms with E-state index in [1.54, 1.807) is 0 Å². The number of unbranched alkanes of at least 4 members (excludes halogenated alkanes) is 1. The molecule has 1 unspecified atom stereocenters. The van der Waals surface area contributed by atoms with Crippen LogP contribution in [0.5, 0.6) is 0 Å². The van der Waals surface area contributed by atoms with Gasteiger partial charge >= 0.3 is 11.9 Å². The summed E-state index contributed by atoms with van der Waals surface area (Å²) in [5, 5.41) is 8.48. The highest BCUT2D eigenvalue weighted by Gasteiger charge is 2.11. The van der Waals surface area contributed by atoms with Gasteiger partial charge in [0.2, 0.25) is 0 Å². The summed E-state index contributed by atoms with van der Waals surface area (Å²) in [6.07, 6.45) is 2.85. The molecule has 0 bridgehead atoms. The molecule has 0 rings (SSSR count). The largest absolute Gasteiger partial charge is 0.480 e. The number of aliphatic carboxylic acids is 1. The number of carbonyl (C=O) groups excluding carboxylic acids is 1. The predicted octanol–water partition coefficient (Wildman–Crippen LogP) is 0.912. The summed E-state index contributed by atoms with van der Waals surface area (Å²) in [6, 6.07) is -0.881. The highest BCUT2D eigenvalue weighted by molar-refractivity contribution is 5.73. The zero-order chi connectivity index (χ0) is 11.7. The summed E-state index contributed by atoms with van der Waals surface area (Å²) < 4.78 is 4.90. The lowest BCUT2D eigenvalue weighted by atomic mass is 10.1. The quantitative estimate of drug-likeness (QED) is 0.466. The third kappa shape index (κ3) is 7.93. The third-order valence-electron chi connectivity index (χ3n) is 1.97. The van der Waals surface area contributed by atoms with Crippen LogP contribution in [0.4, 0.5) is 0 Å². The van der Waals surface area contributed by atoms with Gasteiger partial charge in [-0.05, 0) is 19.3 Å². The Kier molecular flexibility index (Phi) is 7.62. The minimum atomic E-state index is -1.03. The molecule has 0 aromatic rings. The van der Waals surface area contributed by atoms with Gasteiger partial charge < -0.3 is 15.6 Å². The number of carbonyl (C=O) groups is 2. The molecule has 0 aliphatic carbocycles. The lowest BCUT2D eigenvalue weighted by Crippen LogP contribution is -2.29. The minimum Gasteiger partial charge on any atom is -0.480 e. The topological polar surface area (TPSA) is 89.6 Å². The lowest BCUT2D eigenvalue weighted by molar-refractivity contribution is -0.144. The molecule has 1 atom stereocenters. The first-order valence-corrected chi connectivity index (χ1v) is 5.22. The summed E-state index contributed by atoms with van der Waals surface area (Å²) in [5.41, 5.74) is 5.27. The second-order valence-corrected chi connectivity index (χ2v) is 3.41. The van der Waals surface area contributed by atoms with Crippen molar-refractivity contribution in [3.63, 3.8) is 0 Å². The lowest BCUT2D eigenvalue weighted by Gasteiger charge is -2.06. The van der Waals surface area contributed by atoms with Crippen molar-refractivity contribution in [2.45, 2.75) is 45.1 Å². The number of nitrogens with two attached hydrogens (primary N) is 1. The molecule has 0 fully saturated rings. The Bertz CT molecular complexity index is 206. The molecule has 88 valence electrons. The van der Waals surface area contributed by atoms with Gasteiger partial charge in [-0.25, -0.2) is 0 Å². The molecule has 0 aromatic heterocycles. The van der Waals surface area contributed by atoms with Crippen LogP contribution >= 0.6 is 0 Å². The van der Waals surface area contributed by atoms with E-state index in [1.165, 1.54) is 0 Å². The SMILES string of the molecule is CCCCOC(=O)CCCC(N)C(=O)O. The molecule has 3 N–H and O–H groups in total. The van der Waals surface area contributed by atoms with Gasteiger partial charge in [0.1, 0.15) is 6.04 Å². The van der Waals surface area contributed by atoms with Crippen LogP contribution in [0.1, 0.15) is 39.0 Å². The Labute approximate surface area is 89.6 Å². The van der Waals surface area contributed by atoms with E-state index >= 15 is 0 Å². The van der Waals surface area contributed by atoms with Crippen molar-refractivity contribution >= 4 is 11.9 Å². The van der Waals surface area contributed by atoms with Crippen molar-refractivity contribution in [1.82, 2.24) is 0 Å². The average molecular weight is 217 g/mol. The molecular formula is C10H19NO4. The fraction of sp³-hybridized carbons (Fsp3) is 0.800. The van der Waals surface area contributed by atoms with Gasteiger partial charge in [0, 0.05) is 6.42 Å². The first kappa shape index (κ1) is 13.9. The highest BCUT2D eigenvalue weighted by Crippen LogP contribution is 2.01. The molecule has 0 aromatic carbocycles. The van der Waals surface area contributed by atoms with E-state index < -0.39 is 12.0 Å². The van der Waals surface area contributed by atoms with Crippen LogP contribution in [0, 0.1) is 0 Å². The number of esters is 1. The zero-order valence-electron chi connectivity index (χ0n) is 9.07. The smallest absolute Gasteiger partial charge is 0.320 e. The molecule has 0 amide bonds. The number of carboxylic acid groups (broad SMARTS) is 1. The van der Waals surface area contributed by atoms with Gasteiger partial charge in [-0.2, -0.15) is 0 Å². The number of rotatable bonds is 8. The van der Waals surface area contributed by atoms with Crippen molar-refractivity contribution in [2.24, 2.45) is 5.73 Å². The Morgan fingerprint density at radius 2 is 2.07 bits per heavy atom. The molecule has 0 aliphatic heterocycles. The van der Waals surface area contributed by atoms with E-state index in [9.17, 15) is 9.59 Å². The summed E-state index contributed by atoms with van der Waals surface area (Å²) in [5.74, 6) is -1.31. The van der Waals surface area contributed by atoms with E-state index in [4.69, 9.17) is 15.6 Å². The molecule has 0 radical (unpaired) electrons. The van der Waals surface area contributed by atoms with E-state index in [0.717, 1.165) is 12.8 Å². The van der Waals surface area contributed by atoms with E-state index in [1.807, 2.05) is 6.92 Å². The molecule has 5 nitrogen and oxygen atoms in total.